The van der Waals surface area contributed by atoms with Crippen molar-refractivity contribution < 1.29 is 0 Å². The van der Waals surface area contributed by atoms with Crippen molar-refractivity contribution in [1.82, 2.24) is 10.2 Å². The number of nitrogens with zero attached hydrogens (tertiary/aromatic N) is 1. The number of rotatable bonds is 10. The Labute approximate surface area is 115 Å². The monoisotopic (exact) mass is 254 g/mol. The summed E-state index contributed by atoms with van der Waals surface area (Å²) < 4.78 is 0. The molecule has 0 spiro atoms. The second-order valence-electron chi connectivity index (χ2n) is 5.52. The first kappa shape index (κ1) is 17.7. The molecule has 0 rings (SSSR count). The van der Waals surface area contributed by atoms with Crippen LogP contribution in [0.25, 0.3) is 0 Å². The van der Waals surface area contributed by atoms with Crippen molar-refractivity contribution in [3.05, 3.63) is 12.2 Å². The standard InChI is InChI=1S/C16H34N2/c1-8-12-17-15(13-14(5)9-2)16(10-3,11-4)18(6)7/h15,17H,5,8-13H2,1-4,6-7H3. The van der Waals surface area contributed by atoms with Crippen LogP contribution in [0.2, 0.25) is 0 Å². The van der Waals surface area contributed by atoms with Gasteiger partial charge in [0.05, 0.1) is 0 Å². The molecule has 0 aliphatic rings. The normalized spacial score (nSPS) is 13.9. The van der Waals surface area contributed by atoms with Crippen molar-refractivity contribution in [3.63, 3.8) is 0 Å². The van der Waals surface area contributed by atoms with Crippen LogP contribution in [-0.4, -0.2) is 37.1 Å². The predicted octanol–water partition coefficient (Wildman–Crippen LogP) is 3.83. The van der Waals surface area contributed by atoms with E-state index in [4.69, 9.17) is 0 Å². The summed E-state index contributed by atoms with van der Waals surface area (Å²) in [6, 6.07) is 0.509. The van der Waals surface area contributed by atoms with Gasteiger partial charge in [0.1, 0.15) is 0 Å². The first-order chi connectivity index (χ1) is 8.48. The van der Waals surface area contributed by atoms with E-state index in [9.17, 15) is 0 Å². The summed E-state index contributed by atoms with van der Waals surface area (Å²) in [6.07, 6.45) is 5.72. The third kappa shape index (κ3) is 4.40. The van der Waals surface area contributed by atoms with E-state index in [0.717, 1.165) is 19.4 Å². The van der Waals surface area contributed by atoms with Gasteiger partial charge in [0.25, 0.3) is 0 Å². The van der Waals surface area contributed by atoms with E-state index in [0.29, 0.717) is 6.04 Å². The van der Waals surface area contributed by atoms with Crippen LogP contribution in [0.15, 0.2) is 12.2 Å². The molecule has 0 saturated heterocycles. The Morgan fingerprint density at radius 3 is 2.06 bits per heavy atom. The minimum Gasteiger partial charge on any atom is -0.312 e. The molecule has 0 radical (unpaired) electrons. The van der Waals surface area contributed by atoms with Crippen LogP contribution >= 0.6 is 0 Å². The average Bonchev–Trinajstić information content (AvgIpc) is 2.36. The zero-order valence-electron chi connectivity index (χ0n) is 13.5. The van der Waals surface area contributed by atoms with Gasteiger partial charge in [-0.25, -0.2) is 0 Å². The van der Waals surface area contributed by atoms with Crippen molar-refractivity contribution in [2.45, 2.75) is 71.4 Å². The zero-order valence-corrected chi connectivity index (χ0v) is 13.5. The van der Waals surface area contributed by atoms with E-state index < -0.39 is 0 Å². The van der Waals surface area contributed by atoms with Crippen molar-refractivity contribution in [2.24, 2.45) is 0 Å². The van der Waals surface area contributed by atoms with Crippen LogP contribution in [0.4, 0.5) is 0 Å². The number of hydrogen-bond acceptors (Lipinski definition) is 2. The lowest BCUT2D eigenvalue weighted by Gasteiger charge is -2.46. The summed E-state index contributed by atoms with van der Waals surface area (Å²) in [5.74, 6) is 0. The van der Waals surface area contributed by atoms with E-state index in [1.165, 1.54) is 24.8 Å². The molecular weight excluding hydrogens is 220 g/mol. The van der Waals surface area contributed by atoms with E-state index in [1.807, 2.05) is 0 Å². The summed E-state index contributed by atoms with van der Waals surface area (Å²) in [5, 5.41) is 3.76. The summed E-state index contributed by atoms with van der Waals surface area (Å²) in [4.78, 5) is 2.41. The van der Waals surface area contributed by atoms with Crippen molar-refractivity contribution in [1.29, 1.82) is 0 Å². The molecule has 2 heteroatoms. The van der Waals surface area contributed by atoms with Crippen LogP contribution in [0.3, 0.4) is 0 Å². The van der Waals surface area contributed by atoms with Gasteiger partial charge in [-0.15, -0.1) is 0 Å². The molecule has 0 aliphatic heterocycles. The average molecular weight is 254 g/mol. The van der Waals surface area contributed by atoms with Crippen LogP contribution < -0.4 is 5.32 Å². The van der Waals surface area contributed by atoms with Gasteiger partial charge in [-0.2, -0.15) is 0 Å². The van der Waals surface area contributed by atoms with E-state index >= 15 is 0 Å². The molecule has 2 nitrogen and oxygen atoms in total. The van der Waals surface area contributed by atoms with E-state index in [1.54, 1.807) is 0 Å². The third-order valence-corrected chi connectivity index (χ3v) is 4.40. The van der Waals surface area contributed by atoms with E-state index in [2.05, 4.69) is 58.6 Å². The molecule has 1 N–H and O–H groups in total. The Balaban J connectivity index is 5.02. The molecule has 0 aromatic carbocycles. The first-order valence-electron chi connectivity index (χ1n) is 7.55. The van der Waals surface area contributed by atoms with Gasteiger partial charge in [-0.1, -0.05) is 39.8 Å². The lowest BCUT2D eigenvalue weighted by molar-refractivity contribution is 0.0879. The third-order valence-electron chi connectivity index (χ3n) is 4.40. The number of likely N-dealkylation sites (N-methyl/N-ethyl adjacent to an activating group) is 1. The van der Waals surface area contributed by atoms with Crippen molar-refractivity contribution in [3.8, 4) is 0 Å². The summed E-state index contributed by atoms with van der Waals surface area (Å²) in [7, 11) is 4.42. The molecular formula is C16H34N2. The molecule has 0 amide bonds. The minimum atomic E-state index is 0.243. The molecule has 0 bridgehead atoms. The fourth-order valence-corrected chi connectivity index (χ4v) is 2.89. The zero-order chi connectivity index (χ0) is 14.2. The minimum absolute atomic E-state index is 0.243. The Morgan fingerprint density at radius 2 is 1.72 bits per heavy atom. The maximum Gasteiger partial charge on any atom is 0.0354 e. The quantitative estimate of drug-likeness (QED) is 0.596. The molecule has 1 atom stereocenters. The topological polar surface area (TPSA) is 15.3 Å². The predicted molar refractivity (Wildman–Crippen MR) is 83.1 cm³/mol. The van der Waals surface area contributed by atoms with Gasteiger partial charge in [-0.05, 0) is 52.7 Å². The molecule has 0 saturated carbocycles. The highest BCUT2D eigenvalue weighted by atomic mass is 15.2. The molecule has 0 aliphatic carbocycles. The Hall–Kier alpha value is -0.340. The maximum atomic E-state index is 4.20. The molecule has 0 fully saturated rings. The lowest BCUT2D eigenvalue weighted by Crippen LogP contribution is -2.58. The van der Waals surface area contributed by atoms with Crippen LogP contribution in [0, 0.1) is 0 Å². The van der Waals surface area contributed by atoms with Crippen LogP contribution in [0.1, 0.15) is 59.8 Å². The van der Waals surface area contributed by atoms with Gasteiger partial charge in [0.2, 0.25) is 0 Å². The number of hydrogen-bond donors (Lipinski definition) is 1. The molecule has 0 aromatic heterocycles. The molecule has 18 heavy (non-hydrogen) atoms. The summed E-state index contributed by atoms with van der Waals surface area (Å²) in [6.45, 7) is 14.3. The fourth-order valence-electron chi connectivity index (χ4n) is 2.89. The maximum absolute atomic E-state index is 4.20. The Bertz CT molecular complexity index is 229. The number of nitrogens with one attached hydrogen (secondary N) is 1. The van der Waals surface area contributed by atoms with Crippen molar-refractivity contribution in [2.75, 3.05) is 20.6 Å². The summed E-state index contributed by atoms with van der Waals surface area (Å²) >= 11 is 0. The second kappa shape index (κ2) is 8.71. The molecule has 108 valence electrons. The summed E-state index contributed by atoms with van der Waals surface area (Å²) in [5.41, 5.74) is 1.60. The molecule has 0 heterocycles. The highest BCUT2D eigenvalue weighted by Gasteiger charge is 2.37. The largest absolute Gasteiger partial charge is 0.312 e. The SMILES string of the molecule is C=C(CC)CC(NCCC)C(CC)(CC)N(C)C. The smallest absolute Gasteiger partial charge is 0.0354 e. The fraction of sp³-hybridized carbons (Fsp3) is 0.875. The van der Waals surface area contributed by atoms with Gasteiger partial charge in [0, 0.05) is 11.6 Å². The van der Waals surface area contributed by atoms with Crippen LogP contribution in [0.5, 0.6) is 0 Å². The Morgan fingerprint density at radius 1 is 1.17 bits per heavy atom. The second-order valence-corrected chi connectivity index (χ2v) is 5.52. The van der Waals surface area contributed by atoms with E-state index in [-0.39, 0.29) is 5.54 Å². The van der Waals surface area contributed by atoms with Gasteiger partial charge in [0.15, 0.2) is 0 Å². The Kier molecular flexibility index (Phi) is 8.54. The first-order valence-corrected chi connectivity index (χ1v) is 7.55. The highest BCUT2D eigenvalue weighted by molar-refractivity contribution is 5.05. The van der Waals surface area contributed by atoms with Crippen molar-refractivity contribution >= 4 is 0 Å². The van der Waals surface area contributed by atoms with Gasteiger partial charge in [-0.3, -0.25) is 0 Å². The molecule has 1 unspecified atom stereocenters. The molecule has 0 aromatic rings. The lowest BCUT2D eigenvalue weighted by atomic mass is 9.80. The van der Waals surface area contributed by atoms with Gasteiger partial charge >= 0.3 is 0 Å². The highest BCUT2D eigenvalue weighted by Crippen LogP contribution is 2.29. The van der Waals surface area contributed by atoms with Gasteiger partial charge < -0.3 is 10.2 Å². The van der Waals surface area contributed by atoms with Crippen LogP contribution in [-0.2, 0) is 0 Å².